The molecule has 0 bridgehead atoms. The van der Waals surface area contributed by atoms with Crippen LogP contribution >= 0.6 is 11.6 Å². The van der Waals surface area contributed by atoms with Gasteiger partial charge in [0.1, 0.15) is 0 Å². The van der Waals surface area contributed by atoms with Crippen LogP contribution < -0.4 is 16.2 Å². The third-order valence-electron chi connectivity index (χ3n) is 3.91. The van der Waals surface area contributed by atoms with E-state index in [1.165, 1.54) is 48.5 Å². The molecule has 0 saturated carbocycles. The van der Waals surface area contributed by atoms with E-state index in [2.05, 4.69) is 16.2 Å². The number of nitrogens with one attached hydrogen (secondary N) is 3. The molecule has 0 unspecified atom stereocenters. The van der Waals surface area contributed by atoms with Crippen LogP contribution in [0.15, 0.2) is 48.5 Å². The highest BCUT2D eigenvalue weighted by Crippen LogP contribution is 2.17. The number of carbonyl (C=O) groups excluding carboxylic acids is 4. The molecule has 2 aromatic rings. The van der Waals surface area contributed by atoms with Crippen molar-refractivity contribution >= 4 is 46.7 Å². The van der Waals surface area contributed by atoms with Gasteiger partial charge in [-0.15, -0.1) is 0 Å². The Morgan fingerprint density at radius 3 is 2.38 bits per heavy atom. The first-order valence-corrected chi connectivity index (χ1v) is 9.67. The molecule has 0 aliphatic rings. The van der Waals surface area contributed by atoms with Gasteiger partial charge in [-0.3, -0.25) is 40.1 Å². The molecule has 2 rings (SSSR count). The lowest BCUT2D eigenvalue weighted by Crippen LogP contribution is -2.43. The third kappa shape index (κ3) is 8.40. The topological polar surface area (TPSA) is 157 Å². The van der Waals surface area contributed by atoms with Crippen molar-refractivity contribution in [3.63, 3.8) is 0 Å². The zero-order valence-electron chi connectivity index (χ0n) is 16.6. The number of rotatable bonds is 9. The summed E-state index contributed by atoms with van der Waals surface area (Å²) < 4.78 is 4.77. The molecule has 168 valence electrons. The highest BCUT2D eigenvalue weighted by molar-refractivity contribution is 6.30. The number of benzene rings is 2. The minimum Gasteiger partial charge on any atom is -0.455 e. The van der Waals surface area contributed by atoms with Gasteiger partial charge in [0.05, 0.1) is 4.92 Å². The fourth-order valence-corrected chi connectivity index (χ4v) is 2.49. The van der Waals surface area contributed by atoms with Gasteiger partial charge in [0.25, 0.3) is 17.5 Å². The normalized spacial score (nSPS) is 10.0. The van der Waals surface area contributed by atoms with E-state index < -0.39 is 35.2 Å². The molecule has 3 N–H and O–H groups in total. The van der Waals surface area contributed by atoms with E-state index in [0.717, 1.165) is 0 Å². The second-order valence-corrected chi connectivity index (χ2v) is 6.82. The summed E-state index contributed by atoms with van der Waals surface area (Å²) >= 11 is 5.73. The lowest BCUT2D eigenvalue weighted by atomic mass is 10.2. The lowest BCUT2D eigenvalue weighted by Gasteiger charge is -2.08. The quantitative estimate of drug-likeness (QED) is 0.293. The van der Waals surface area contributed by atoms with E-state index >= 15 is 0 Å². The second-order valence-electron chi connectivity index (χ2n) is 6.38. The summed E-state index contributed by atoms with van der Waals surface area (Å²) in [5.41, 5.74) is 4.65. The van der Waals surface area contributed by atoms with E-state index in [9.17, 15) is 29.3 Å². The van der Waals surface area contributed by atoms with Crippen LogP contribution in [0.4, 0.5) is 11.4 Å². The predicted molar refractivity (Wildman–Crippen MR) is 114 cm³/mol. The van der Waals surface area contributed by atoms with E-state index in [1.807, 2.05) is 0 Å². The summed E-state index contributed by atoms with van der Waals surface area (Å²) in [4.78, 5) is 57.2. The zero-order valence-corrected chi connectivity index (χ0v) is 17.4. The minimum atomic E-state index is -0.746. The number of halogens is 1. The van der Waals surface area contributed by atoms with Crippen molar-refractivity contribution in [1.82, 2.24) is 10.9 Å². The molecule has 0 aliphatic heterocycles. The highest BCUT2D eigenvalue weighted by Gasteiger charge is 2.12. The molecular weight excluding hydrogens is 444 g/mol. The number of hydrogen-bond donors (Lipinski definition) is 3. The number of ether oxygens (including phenoxy) is 1. The molecular formula is C20H19ClN4O7. The molecule has 0 heterocycles. The maximum atomic E-state index is 11.9. The van der Waals surface area contributed by atoms with E-state index in [0.29, 0.717) is 5.02 Å². The molecule has 0 spiro atoms. The van der Waals surface area contributed by atoms with Crippen molar-refractivity contribution in [2.45, 2.75) is 19.3 Å². The van der Waals surface area contributed by atoms with Gasteiger partial charge in [-0.25, -0.2) is 0 Å². The van der Waals surface area contributed by atoms with Crippen LogP contribution in [0.5, 0.6) is 0 Å². The Kier molecular flexibility index (Phi) is 9.11. The molecule has 32 heavy (non-hydrogen) atoms. The smallest absolute Gasteiger partial charge is 0.306 e. The first-order valence-electron chi connectivity index (χ1n) is 9.29. The van der Waals surface area contributed by atoms with Crippen LogP contribution in [-0.2, 0) is 19.1 Å². The maximum Gasteiger partial charge on any atom is 0.306 e. The van der Waals surface area contributed by atoms with E-state index in [-0.39, 0.29) is 36.2 Å². The van der Waals surface area contributed by atoms with Gasteiger partial charge < -0.3 is 10.1 Å². The van der Waals surface area contributed by atoms with Gasteiger partial charge in [0.2, 0.25) is 5.91 Å². The Morgan fingerprint density at radius 2 is 1.69 bits per heavy atom. The molecule has 0 atom stereocenters. The van der Waals surface area contributed by atoms with Crippen molar-refractivity contribution in [2.24, 2.45) is 0 Å². The molecule has 0 aliphatic carbocycles. The number of nitro benzene ring substituents is 1. The average Bonchev–Trinajstić information content (AvgIpc) is 2.76. The summed E-state index contributed by atoms with van der Waals surface area (Å²) in [6, 6.07) is 11.4. The summed E-state index contributed by atoms with van der Waals surface area (Å²) in [6.07, 6.45) is 0.00241. The van der Waals surface area contributed by atoms with Crippen LogP contribution in [0, 0.1) is 10.1 Å². The Hall–Kier alpha value is -3.99. The Balaban J connectivity index is 1.62. The second kappa shape index (κ2) is 12.0. The zero-order chi connectivity index (χ0) is 23.5. The maximum absolute atomic E-state index is 11.9. The van der Waals surface area contributed by atoms with E-state index in [1.54, 1.807) is 0 Å². The molecule has 11 nitrogen and oxygen atoms in total. The van der Waals surface area contributed by atoms with Crippen molar-refractivity contribution in [1.29, 1.82) is 0 Å². The highest BCUT2D eigenvalue weighted by atomic mass is 35.5. The van der Waals surface area contributed by atoms with Crippen LogP contribution in [0.2, 0.25) is 5.02 Å². The van der Waals surface area contributed by atoms with Crippen molar-refractivity contribution in [2.75, 3.05) is 11.9 Å². The molecule has 3 amide bonds. The van der Waals surface area contributed by atoms with Crippen molar-refractivity contribution in [3.05, 3.63) is 69.2 Å². The standard InChI is InChI=1S/C20H19ClN4O7/c21-14-9-7-13(8-10-14)20(29)24-23-18(27)12-32-19(28)6-2-5-17(26)22-15-3-1-4-16(11-15)25(30)31/h1,3-4,7-11H,2,5-6,12H2,(H,22,26)(H,23,27)(H,24,29). The number of hydrogen-bond acceptors (Lipinski definition) is 7. The van der Waals surface area contributed by atoms with Gasteiger partial charge >= 0.3 is 5.97 Å². The summed E-state index contributed by atoms with van der Waals surface area (Å²) in [6.45, 7) is -0.611. The molecule has 12 heteroatoms. The summed E-state index contributed by atoms with van der Waals surface area (Å²) in [5, 5.41) is 13.7. The number of nitro groups is 1. The number of hydrazine groups is 1. The summed E-state index contributed by atoms with van der Waals surface area (Å²) in [7, 11) is 0. The lowest BCUT2D eigenvalue weighted by molar-refractivity contribution is -0.384. The first kappa shape index (κ1) is 24.3. The fraction of sp³-hybridized carbons (Fsp3) is 0.200. The Bertz CT molecular complexity index is 1010. The minimum absolute atomic E-state index is 0.0266. The first-order chi connectivity index (χ1) is 15.2. The van der Waals surface area contributed by atoms with Gasteiger partial charge in [-0.2, -0.15) is 0 Å². The van der Waals surface area contributed by atoms with Gasteiger partial charge in [0, 0.05) is 41.2 Å². The number of anilines is 1. The van der Waals surface area contributed by atoms with Gasteiger partial charge in [-0.1, -0.05) is 17.7 Å². The number of non-ortho nitro benzene ring substituents is 1. The summed E-state index contributed by atoms with van der Waals surface area (Å²) in [5.74, 6) is -2.45. The molecule has 0 fully saturated rings. The molecule has 0 saturated heterocycles. The van der Waals surface area contributed by atoms with Gasteiger partial charge in [0.15, 0.2) is 6.61 Å². The predicted octanol–water partition coefficient (Wildman–Crippen LogP) is 2.36. The molecule has 0 radical (unpaired) electrons. The van der Waals surface area contributed by atoms with Crippen LogP contribution in [0.25, 0.3) is 0 Å². The van der Waals surface area contributed by atoms with Crippen LogP contribution in [0.1, 0.15) is 29.6 Å². The number of esters is 1. The van der Waals surface area contributed by atoms with Gasteiger partial charge in [-0.05, 0) is 36.8 Å². The van der Waals surface area contributed by atoms with E-state index in [4.69, 9.17) is 16.3 Å². The Labute approximate surface area is 187 Å². The third-order valence-corrected chi connectivity index (χ3v) is 4.16. The molecule has 2 aromatic carbocycles. The fourth-order valence-electron chi connectivity index (χ4n) is 2.37. The monoisotopic (exact) mass is 462 g/mol. The van der Waals surface area contributed by atoms with Crippen molar-refractivity contribution < 1.29 is 28.8 Å². The SMILES string of the molecule is O=C(COC(=O)CCCC(=O)Nc1cccc([N+](=O)[O-])c1)NNC(=O)c1ccc(Cl)cc1. The Morgan fingerprint density at radius 1 is 0.969 bits per heavy atom. The van der Waals surface area contributed by atoms with Crippen LogP contribution in [-0.4, -0.2) is 35.2 Å². The largest absolute Gasteiger partial charge is 0.455 e. The van der Waals surface area contributed by atoms with Crippen molar-refractivity contribution in [3.8, 4) is 0 Å². The molecule has 0 aromatic heterocycles. The number of carbonyl (C=O) groups is 4. The number of amides is 3. The van der Waals surface area contributed by atoms with Crippen LogP contribution in [0.3, 0.4) is 0 Å². The number of nitrogens with zero attached hydrogens (tertiary/aromatic N) is 1. The average molecular weight is 463 g/mol.